The molecule has 0 spiro atoms. The van der Waals surface area contributed by atoms with Gasteiger partial charge in [0.25, 0.3) is 0 Å². The molecule has 0 bridgehead atoms. The van der Waals surface area contributed by atoms with Gasteiger partial charge in [-0.25, -0.2) is 9.97 Å². The van der Waals surface area contributed by atoms with Crippen LogP contribution < -0.4 is 5.32 Å². The minimum Gasteiger partial charge on any atom is -0.314 e. The summed E-state index contributed by atoms with van der Waals surface area (Å²) in [5, 5.41) is 3.62. The Hall–Kier alpha value is -0.960. The summed E-state index contributed by atoms with van der Waals surface area (Å²) >= 11 is 0. The molecule has 0 radical (unpaired) electrons. The minimum absolute atomic E-state index is 0.238. The van der Waals surface area contributed by atoms with E-state index < -0.39 is 0 Å². The Morgan fingerprint density at radius 3 is 2.19 bits per heavy atom. The molecule has 1 heterocycles. The van der Waals surface area contributed by atoms with Gasteiger partial charge in [-0.05, 0) is 56.6 Å². The summed E-state index contributed by atoms with van der Waals surface area (Å²) in [7, 11) is 0. The van der Waals surface area contributed by atoms with E-state index in [0.29, 0.717) is 5.92 Å². The van der Waals surface area contributed by atoms with Gasteiger partial charge in [-0.15, -0.1) is 0 Å². The van der Waals surface area contributed by atoms with Gasteiger partial charge in [-0.1, -0.05) is 27.7 Å². The third kappa shape index (κ3) is 5.39. The van der Waals surface area contributed by atoms with Crippen molar-refractivity contribution in [3.63, 3.8) is 0 Å². The molecular formula is C18H31N3. The van der Waals surface area contributed by atoms with Gasteiger partial charge in [-0.3, -0.25) is 0 Å². The highest BCUT2D eigenvalue weighted by molar-refractivity contribution is 5.25. The topological polar surface area (TPSA) is 37.8 Å². The van der Waals surface area contributed by atoms with Crippen LogP contribution in [0.15, 0.2) is 0 Å². The number of aryl methyl sites for hydroxylation is 2. The predicted molar refractivity (Wildman–Crippen MR) is 88.6 cm³/mol. The second-order valence-electron chi connectivity index (χ2n) is 8.02. The van der Waals surface area contributed by atoms with Gasteiger partial charge < -0.3 is 5.32 Å². The van der Waals surface area contributed by atoms with E-state index in [1.807, 2.05) is 0 Å². The molecule has 0 saturated heterocycles. The Balaban J connectivity index is 2.01. The molecule has 1 aromatic rings. The van der Waals surface area contributed by atoms with Crippen molar-refractivity contribution in [2.45, 2.75) is 73.3 Å². The molecule has 3 heteroatoms. The van der Waals surface area contributed by atoms with Crippen LogP contribution in [0.4, 0.5) is 0 Å². The van der Waals surface area contributed by atoms with Crippen molar-refractivity contribution in [3.8, 4) is 0 Å². The molecule has 0 aliphatic heterocycles. The zero-order valence-electron chi connectivity index (χ0n) is 14.6. The predicted octanol–water partition coefficient (Wildman–Crippen LogP) is 3.61. The normalized spacial score (nSPS) is 17.0. The monoisotopic (exact) mass is 289 g/mol. The van der Waals surface area contributed by atoms with E-state index in [9.17, 15) is 0 Å². The summed E-state index contributed by atoms with van der Waals surface area (Å²) in [4.78, 5) is 9.50. The van der Waals surface area contributed by atoms with Crippen molar-refractivity contribution in [2.24, 2.45) is 11.3 Å². The van der Waals surface area contributed by atoms with Gasteiger partial charge in [0.15, 0.2) is 0 Å². The van der Waals surface area contributed by atoms with Crippen molar-refractivity contribution in [1.29, 1.82) is 0 Å². The smallest absolute Gasteiger partial charge is 0.129 e. The molecule has 3 nitrogen and oxygen atoms in total. The number of aromatic nitrogens is 2. The number of nitrogens with one attached hydrogen (secondary N) is 1. The largest absolute Gasteiger partial charge is 0.314 e. The molecule has 1 aromatic heterocycles. The van der Waals surface area contributed by atoms with Gasteiger partial charge >= 0.3 is 0 Å². The summed E-state index contributed by atoms with van der Waals surface area (Å²) in [5.41, 5.74) is 3.92. The molecule has 1 aliphatic rings. The molecule has 1 aliphatic carbocycles. The summed E-state index contributed by atoms with van der Waals surface area (Å²) in [5.74, 6) is 1.63. The Kier molecular flexibility index (Phi) is 5.03. The zero-order valence-corrected chi connectivity index (χ0v) is 14.6. The first kappa shape index (κ1) is 16.4. The maximum atomic E-state index is 4.75. The first-order valence-corrected chi connectivity index (χ1v) is 8.31. The lowest BCUT2D eigenvalue weighted by atomic mass is 9.91. The van der Waals surface area contributed by atoms with E-state index in [4.69, 9.17) is 9.97 Å². The number of hydrogen-bond donors (Lipinski definition) is 1. The Bertz CT molecular complexity index is 461. The third-order valence-corrected chi connectivity index (χ3v) is 4.04. The Labute approximate surface area is 130 Å². The van der Waals surface area contributed by atoms with Crippen molar-refractivity contribution < 1.29 is 0 Å². The van der Waals surface area contributed by atoms with Crippen LogP contribution in [0.1, 0.15) is 63.3 Å². The maximum Gasteiger partial charge on any atom is 0.129 e. The molecule has 0 aromatic carbocycles. The zero-order chi connectivity index (χ0) is 15.6. The minimum atomic E-state index is 0.238. The Morgan fingerprint density at radius 2 is 1.71 bits per heavy atom. The molecule has 1 saturated carbocycles. The fraction of sp³-hybridized carbons (Fsp3) is 0.778. The van der Waals surface area contributed by atoms with Crippen LogP contribution in [-0.4, -0.2) is 22.6 Å². The highest BCUT2D eigenvalue weighted by Gasteiger charge is 2.21. The van der Waals surface area contributed by atoms with Crippen LogP contribution in [0.5, 0.6) is 0 Å². The van der Waals surface area contributed by atoms with Crippen LogP contribution in [0, 0.1) is 25.2 Å². The van der Waals surface area contributed by atoms with Crippen LogP contribution in [0.25, 0.3) is 0 Å². The highest BCUT2D eigenvalue weighted by atomic mass is 14.9. The van der Waals surface area contributed by atoms with Gasteiger partial charge in [0.05, 0.1) is 0 Å². The molecule has 21 heavy (non-hydrogen) atoms. The SMILES string of the molecule is Cc1nc(CC(C)(C)C)nc(C)c1CC(C)CNC1CC1. The number of hydrogen-bond acceptors (Lipinski definition) is 3. The average Bonchev–Trinajstić information content (AvgIpc) is 3.13. The molecule has 1 N–H and O–H groups in total. The lowest BCUT2D eigenvalue weighted by molar-refractivity contribution is 0.399. The van der Waals surface area contributed by atoms with Gasteiger partial charge in [0.2, 0.25) is 0 Å². The highest BCUT2D eigenvalue weighted by Crippen LogP contribution is 2.22. The lowest BCUT2D eigenvalue weighted by Crippen LogP contribution is -2.25. The number of rotatable bonds is 6. The average molecular weight is 289 g/mol. The van der Waals surface area contributed by atoms with Crippen molar-refractivity contribution in [1.82, 2.24) is 15.3 Å². The van der Waals surface area contributed by atoms with Gasteiger partial charge in [-0.2, -0.15) is 0 Å². The lowest BCUT2D eigenvalue weighted by Gasteiger charge is -2.20. The van der Waals surface area contributed by atoms with E-state index in [-0.39, 0.29) is 5.41 Å². The second-order valence-corrected chi connectivity index (χ2v) is 8.02. The Morgan fingerprint density at radius 1 is 1.14 bits per heavy atom. The van der Waals surface area contributed by atoms with Crippen molar-refractivity contribution >= 4 is 0 Å². The molecule has 0 amide bonds. The van der Waals surface area contributed by atoms with Crippen molar-refractivity contribution in [3.05, 3.63) is 22.8 Å². The molecule has 1 fully saturated rings. The van der Waals surface area contributed by atoms with Crippen LogP contribution in [-0.2, 0) is 12.8 Å². The standard InChI is InChI=1S/C18H31N3/c1-12(11-19-15-7-8-15)9-16-13(2)20-17(21-14(16)3)10-18(4,5)6/h12,15,19H,7-11H2,1-6H3. The van der Waals surface area contributed by atoms with E-state index in [2.05, 4.69) is 46.9 Å². The van der Waals surface area contributed by atoms with Crippen LogP contribution in [0.3, 0.4) is 0 Å². The summed E-state index contributed by atoms with van der Waals surface area (Å²) < 4.78 is 0. The van der Waals surface area contributed by atoms with E-state index in [0.717, 1.165) is 31.3 Å². The quantitative estimate of drug-likeness (QED) is 0.869. The fourth-order valence-electron chi connectivity index (χ4n) is 2.73. The third-order valence-electron chi connectivity index (χ3n) is 4.04. The van der Waals surface area contributed by atoms with Gasteiger partial charge in [0.1, 0.15) is 5.82 Å². The molecule has 1 unspecified atom stereocenters. The summed E-state index contributed by atoms with van der Waals surface area (Å²) in [6, 6.07) is 0.792. The fourth-order valence-corrected chi connectivity index (χ4v) is 2.73. The number of nitrogens with zero attached hydrogens (tertiary/aromatic N) is 2. The van der Waals surface area contributed by atoms with Crippen LogP contribution in [0.2, 0.25) is 0 Å². The maximum absolute atomic E-state index is 4.75. The van der Waals surface area contributed by atoms with Crippen molar-refractivity contribution in [2.75, 3.05) is 6.54 Å². The molecule has 1 atom stereocenters. The molecule has 118 valence electrons. The van der Waals surface area contributed by atoms with Gasteiger partial charge in [0, 0.05) is 23.9 Å². The summed E-state index contributed by atoms with van der Waals surface area (Å²) in [6.45, 7) is 14.4. The molecule has 2 rings (SSSR count). The van der Waals surface area contributed by atoms with E-state index in [1.54, 1.807) is 0 Å². The van der Waals surface area contributed by atoms with Crippen LogP contribution >= 0.6 is 0 Å². The first-order chi connectivity index (χ1) is 9.74. The second kappa shape index (κ2) is 6.43. The van der Waals surface area contributed by atoms with E-state index in [1.165, 1.54) is 29.8 Å². The first-order valence-electron chi connectivity index (χ1n) is 8.31. The molecular weight excluding hydrogens is 258 g/mol. The van der Waals surface area contributed by atoms with E-state index >= 15 is 0 Å². The summed E-state index contributed by atoms with van der Waals surface area (Å²) in [6.07, 6.45) is 4.73.